The highest BCUT2D eigenvalue weighted by molar-refractivity contribution is 7.92. The van der Waals surface area contributed by atoms with Crippen molar-refractivity contribution in [1.82, 2.24) is 5.43 Å². The first-order valence-corrected chi connectivity index (χ1v) is 11.7. The number of benzene rings is 3. The first-order chi connectivity index (χ1) is 15.3. The number of ether oxygens (including phenoxy) is 1. The van der Waals surface area contributed by atoms with Crippen LogP contribution in [0, 0.1) is 0 Å². The van der Waals surface area contributed by atoms with E-state index in [0.29, 0.717) is 28.6 Å². The average molecular weight is 492 g/mol. The highest BCUT2D eigenvalue weighted by Gasteiger charge is 2.20. The third kappa shape index (κ3) is 6.00. The lowest BCUT2D eigenvalue weighted by Gasteiger charge is -2.11. The zero-order valence-corrected chi connectivity index (χ0v) is 19.2. The fourth-order valence-electron chi connectivity index (χ4n) is 2.68. The van der Waals surface area contributed by atoms with E-state index in [1.807, 2.05) is 19.1 Å². The predicted molar refractivity (Wildman–Crippen MR) is 126 cm³/mol. The summed E-state index contributed by atoms with van der Waals surface area (Å²) in [6, 6.07) is 17.3. The first-order valence-electron chi connectivity index (χ1n) is 9.43. The van der Waals surface area contributed by atoms with Crippen molar-refractivity contribution in [2.24, 2.45) is 5.10 Å². The fourth-order valence-corrected chi connectivity index (χ4v) is 4.39. The van der Waals surface area contributed by atoms with Gasteiger partial charge in [0.1, 0.15) is 10.6 Å². The summed E-state index contributed by atoms with van der Waals surface area (Å²) in [5, 5.41) is 4.37. The molecule has 0 saturated heterocycles. The van der Waals surface area contributed by atoms with Crippen molar-refractivity contribution in [3.8, 4) is 5.75 Å². The van der Waals surface area contributed by atoms with Crippen LogP contribution in [0.5, 0.6) is 5.75 Å². The molecule has 0 atom stereocenters. The molecule has 1 amide bonds. The van der Waals surface area contributed by atoms with Gasteiger partial charge in [-0.2, -0.15) is 5.10 Å². The van der Waals surface area contributed by atoms with Crippen molar-refractivity contribution in [3.63, 3.8) is 0 Å². The molecule has 0 radical (unpaired) electrons. The van der Waals surface area contributed by atoms with Crippen molar-refractivity contribution in [3.05, 3.63) is 87.9 Å². The van der Waals surface area contributed by atoms with E-state index in [2.05, 4.69) is 15.2 Å². The Hall–Kier alpha value is -3.07. The molecule has 2 N–H and O–H groups in total. The number of halogens is 2. The number of rotatable bonds is 8. The van der Waals surface area contributed by atoms with E-state index in [9.17, 15) is 13.2 Å². The lowest BCUT2D eigenvalue weighted by atomic mass is 10.2. The number of anilines is 1. The molecule has 0 saturated carbocycles. The van der Waals surface area contributed by atoms with Gasteiger partial charge >= 0.3 is 0 Å². The molecule has 3 aromatic rings. The Labute approximate surface area is 196 Å². The minimum Gasteiger partial charge on any atom is -0.493 e. The quantitative estimate of drug-likeness (QED) is 0.343. The Kier molecular flexibility index (Phi) is 7.74. The van der Waals surface area contributed by atoms with Gasteiger partial charge in [-0.3, -0.25) is 9.52 Å². The van der Waals surface area contributed by atoms with Crippen LogP contribution in [0.15, 0.2) is 76.7 Å². The minimum atomic E-state index is -4.05. The van der Waals surface area contributed by atoms with Gasteiger partial charge in [-0.25, -0.2) is 13.8 Å². The molecule has 32 heavy (non-hydrogen) atoms. The van der Waals surface area contributed by atoms with Crippen LogP contribution in [-0.2, 0) is 10.0 Å². The van der Waals surface area contributed by atoms with Crippen molar-refractivity contribution < 1.29 is 17.9 Å². The van der Waals surface area contributed by atoms with E-state index in [1.165, 1.54) is 36.5 Å². The van der Waals surface area contributed by atoms with Crippen molar-refractivity contribution in [1.29, 1.82) is 0 Å². The topological polar surface area (TPSA) is 96.9 Å². The maximum Gasteiger partial charge on any atom is 0.271 e. The molecule has 0 aliphatic rings. The number of sulfonamides is 1. The number of para-hydroxylation sites is 1. The van der Waals surface area contributed by atoms with Gasteiger partial charge in [0.15, 0.2) is 0 Å². The number of nitrogens with one attached hydrogen (secondary N) is 2. The van der Waals surface area contributed by atoms with E-state index < -0.39 is 15.9 Å². The Morgan fingerprint density at radius 3 is 2.50 bits per heavy atom. The average Bonchev–Trinajstić information content (AvgIpc) is 2.76. The summed E-state index contributed by atoms with van der Waals surface area (Å²) in [5.41, 5.74) is 3.43. The second kappa shape index (κ2) is 10.5. The summed E-state index contributed by atoms with van der Waals surface area (Å²) in [6.07, 6.45) is 1.44. The normalized spacial score (nSPS) is 11.3. The van der Waals surface area contributed by atoms with Gasteiger partial charge in [0, 0.05) is 21.8 Å². The first kappa shape index (κ1) is 23.6. The molecular weight excluding hydrogens is 473 g/mol. The molecular formula is C22H19Cl2N3O4S. The zero-order valence-electron chi connectivity index (χ0n) is 16.9. The van der Waals surface area contributed by atoms with E-state index in [1.54, 1.807) is 24.3 Å². The summed E-state index contributed by atoms with van der Waals surface area (Å²) in [6.45, 7) is 2.35. The molecule has 0 aliphatic heterocycles. The van der Waals surface area contributed by atoms with Crippen LogP contribution < -0.4 is 14.9 Å². The molecule has 166 valence electrons. The van der Waals surface area contributed by atoms with E-state index in [0.717, 1.165) is 0 Å². The molecule has 0 fully saturated rings. The van der Waals surface area contributed by atoms with Gasteiger partial charge < -0.3 is 4.74 Å². The lowest BCUT2D eigenvalue weighted by molar-refractivity contribution is 0.0955. The van der Waals surface area contributed by atoms with Crippen LogP contribution in [0.25, 0.3) is 0 Å². The number of hydrogen-bond donors (Lipinski definition) is 2. The van der Waals surface area contributed by atoms with Crippen LogP contribution in [0.3, 0.4) is 0 Å². The molecule has 7 nitrogen and oxygen atoms in total. The standard InChI is InChI=1S/C22H19Cl2N3O4S/c1-2-31-20-6-4-3-5-16(20)14-25-26-22(28)15-7-12-19(24)21(13-15)32(29,30)27-18-10-8-17(23)9-11-18/h3-14,27H,2H2,1H3,(H,26,28)/b25-14-. The summed E-state index contributed by atoms with van der Waals surface area (Å²) >= 11 is 11.9. The Bertz CT molecular complexity index is 1250. The summed E-state index contributed by atoms with van der Waals surface area (Å²) in [7, 11) is -4.05. The lowest BCUT2D eigenvalue weighted by Crippen LogP contribution is -2.19. The van der Waals surface area contributed by atoms with Crippen LogP contribution in [-0.4, -0.2) is 27.1 Å². The molecule has 0 aliphatic carbocycles. The third-order valence-corrected chi connectivity index (χ3v) is 6.28. The second-order valence-corrected chi connectivity index (χ2v) is 8.92. The predicted octanol–water partition coefficient (Wildman–Crippen LogP) is 4.96. The molecule has 10 heteroatoms. The van der Waals surface area contributed by atoms with Crippen LogP contribution >= 0.6 is 23.2 Å². The van der Waals surface area contributed by atoms with Gasteiger partial charge in [-0.15, -0.1) is 0 Å². The number of amides is 1. The molecule has 0 bridgehead atoms. The monoisotopic (exact) mass is 491 g/mol. The van der Waals surface area contributed by atoms with Gasteiger partial charge in [-0.05, 0) is 61.5 Å². The Morgan fingerprint density at radius 1 is 1.06 bits per heavy atom. The molecule has 3 aromatic carbocycles. The van der Waals surface area contributed by atoms with Crippen LogP contribution in [0.1, 0.15) is 22.8 Å². The van der Waals surface area contributed by atoms with Crippen molar-refractivity contribution in [2.75, 3.05) is 11.3 Å². The SMILES string of the molecule is CCOc1ccccc1/C=N\NC(=O)c1ccc(Cl)c(S(=O)(=O)Nc2ccc(Cl)cc2)c1. The summed E-state index contributed by atoms with van der Waals surface area (Å²) in [4.78, 5) is 12.3. The maximum absolute atomic E-state index is 12.8. The molecule has 0 spiro atoms. The van der Waals surface area contributed by atoms with Crippen molar-refractivity contribution >= 4 is 51.0 Å². The molecule has 0 aromatic heterocycles. The van der Waals surface area contributed by atoms with Crippen LogP contribution in [0.2, 0.25) is 10.0 Å². The molecule has 0 heterocycles. The summed E-state index contributed by atoms with van der Waals surface area (Å²) < 4.78 is 33.5. The number of carbonyl (C=O) groups excluding carboxylic acids is 1. The molecule has 3 rings (SSSR count). The number of nitrogens with zero attached hydrogens (tertiary/aromatic N) is 1. The van der Waals surface area contributed by atoms with Crippen LogP contribution in [0.4, 0.5) is 5.69 Å². The minimum absolute atomic E-state index is 0.0304. The Morgan fingerprint density at radius 2 is 1.78 bits per heavy atom. The highest BCUT2D eigenvalue weighted by atomic mass is 35.5. The van der Waals surface area contributed by atoms with E-state index in [4.69, 9.17) is 27.9 Å². The Balaban J connectivity index is 1.77. The maximum atomic E-state index is 12.8. The fraction of sp³-hybridized carbons (Fsp3) is 0.0909. The number of carbonyl (C=O) groups is 1. The highest BCUT2D eigenvalue weighted by Crippen LogP contribution is 2.25. The van der Waals surface area contributed by atoms with Gasteiger partial charge in [0.2, 0.25) is 0 Å². The van der Waals surface area contributed by atoms with E-state index >= 15 is 0 Å². The van der Waals surface area contributed by atoms with Crippen molar-refractivity contribution in [2.45, 2.75) is 11.8 Å². The smallest absolute Gasteiger partial charge is 0.271 e. The van der Waals surface area contributed by atoms with E-state index in [-0.39, 0.29) is 15.5 Å². The van der Waals surface area contributed by atoms with Gasteiger partial charge in [-0.1, -0.05) is 35.3 Å². The number of hydrazone groups is 1. The largest absolute Gasteiger partial charge is 0.493 e. The van der Waals surface area contributed by atoms with Gasteiger partial charge in [0.25, 0.3) is 15.9 Å². The number of hydrogen-bond acceptors (Lipinski definition) is 5. The molecule has 0 unspecified atom stereocenters. The zero-order chi connectivity index (χ0) is 23.1. The van der Waals surface area contributed by atoms with Gasteiger partial charge in [0.05, 0.1) is 17.8 Å². The summed E-state index contributed by atoms with van der Waals surface area (Å²) in [5.74, 6) is 0.0240. The second-order valence-electron chi connectivity index (χ2n) is 6.43. The third-order valence-electron chi connectivity index (χ3n) is 4.17.